The summed E-state index contributed by atoms with van der Waals surface area (Å²) in [5.41, 5.74) is 28.2. The molecule has 0 bridgehead atoms. The number of fused-ring (bicyclic) bond motifs is 3. The fraction of sp³-hybridized carbons (Fsp3) is 0.0769. The normalized spacial score (nSPS) is 11.4. The fourth-order valence-electron chi connectivity index (χ4n) is 2.63. The number of nitrogens with two attached hydrogens (primary N) is 4. The van der Waals surface area contributed by atoms with Crippen molar-refractivity contribution in [3.8, 4) is 0 Å². The van der Waals surface area contributed by atoms with Crippen LogP contribution in [0.25, 0.3) is 21.8 Å². The Morgan fingerprint density at radius 1 is 0.722 bits per heavy atom. The van der Waals surface area contributed by atoms with Gasteiger partial charge in [-0.2, -0.15) is 0 Å². The Labute approximate surface area is 104 Å². The van der Waals surface area contributed by atoms with Gasteiger partial charge >= 0.3 is 0 Å². The summed E-state index contributed by atoms with van der Waals surface area (Å²) in [4.78, 5) is 0. The van der Waals surface area contributed by atoms with Crippen LogP contribution in [0.1, 0.15) is 0 Å². The van der Waals surface area contributed by atoms with Crippen LogP contribution in [0.4, 0.5) is 22.7 Å². The van der Waals surface area contributed by atoms with Crippen molar-refractivity contribution in [3.63, 3.8) is 0 Å². The van der Waals surface area contributed by atoms with Crippen molar-refractivity contribution in [1.82, 2.24) is 4.57 Å². The lowest BCUT2D eigenvalue weighted by Crippen LogP contribution is -1.97. The molecule has 5 heteroatoms. The SMILES string of the molecule is Cn1c2c(N)cc(N)cc2c2cc(N)cc(N)c21. The number of nitrogen functional groups attached to an aromatic ring is 4. The van der Waals surface area contributed by atoms with Gasteiger partial charge in [-0.1, -0.05) is 0 Å². The molecule has 0 aliphatic heterocycles. The number of hydrogen-bond donors (Lipinski definition) is 4. The highest BCUT2D eigenvalue weighted by Crippen LogP contribution is 2.37. The smallest absolute Gasteiger partial charge is 0.0724 e. The lowest BCUT2D eigenvalue weighted by atomic mass is 10.1. The van der Waals surface area contributed by atoms with Crippen LogP contribution in [0, 0.1) is 0 Å². The molecule has 0 saturated heterocycles. The summed E-state index contributed by atoms with van der Waals surface area (Å²) in [6, 6.07) is 7.29. The third-order valence-electron chi connectivity index (χ3n) is 3.28. The van der Waals surface area contributed by atoms with Gasteiger partial charge in [0, 0.05) is 29.2 Å². The molecule has 0 radical (unpaired) electrons. The zero-order valence-corrected chi connectivity index (χ0v) is 10.1. The van der Waals surface area contributed by atoms with Crippen LogP contribution in [0.5, 0.6) is 0 Å². The predicted octanol–water partition coefficient (Wildman–Crippen LogP) is 1.66. The summed E-state index contributed by atoms with van der Waals surface area (Å²) in [6.45, 7) is 0. The van der Waals surface area contributed by atoms with Crippen LogP contribution < -0.4 is 22.9 Å². The Balaban J connectivity index is 2.67. The minimum Gasteiger partial charge on any atom is -0.399 e. The number of rotatable bonds is 0. The Hall–Kier alpha value is -2.56. The molecular weight excluding hydrogens is 226 g/mol. The molecule has 5 nitrogen and oxygen atoms in total. The van der Waals surface area contributed by atoms with Gasteiger partial charge in [-0.15, -0.1) is 0 Å². The minimum atomic E-state index is 0.633. The molecule has 0 aliphatic rings. The van der Waals surface area contributed by atoms with Crippen LogP contribution in [-0.4, -0.2) is 4.57 Å². The summed E-state index contributed by atoms with van der Waals surface area (Å²) < 4.78 is 1.98. The van der Waals surface area contributed by atoms with Gasteiger partial charge in [0.15, 0.2) is 0 Å². The van der Waals surface area contributed by atoms with Gasteiger partial charge in [0.25, 0.3) is 0 Å². The third-order valence-corrected chi connectivity index (χ3v) is 3.28. The first-order chi connectivity index (χ1) is 8.49. The standard InChI is InChI=1S/C13H15N5/c1-18-12-8(2-6(14)4-10(12)16)9-3-7(15)5-11(17)13(9)18/h2-5H,14-17H2,1H3. The van der Waals surface area contributed by atoms with E-state index in [2.05, 4.69) is 0 Å². The zero-order chi connectivity index (χ0) is 13.0. The van der Waals surface area contributed by atoms with Gasteiger partial charge in [-0.25, -0.2) is 0 Å². The molecule has 0 atom stereocenters. The number of benzene rings is 2. The maximum atomic E-state index is 6.04. The van der Waals surface area contributed by atoms with Gasteiger partial charge in [-0.3, -0.25) is 0 Å². The highest BCUT2D eigenvalue weighted by Gasteiger charge is 2.14. The number of aryl methyl sites for hydroxylation is 1. The largest absolute Gasteiger partial charge is 0.399 e. The highest BCUT2D eigenvalue weighted by atomic mass is 15.0. The Kier molecular flexibility index (Phi) is 1.90. The van der Waals surface area contributed by atoms with Crippen molar-refractivity contribution in [2.45, 2.75) is 0 Å². The minimum absolute atomic E-state index is 0.633. The summed E-state index contributed by atoms with van der Waals surface area (Å²) in [7, 11) is 1.93. The van der Waals surface area contributed by atoms with Crippen molar-refractivity contribution < 1.29 is 0 Å². The maximum absolute atomic E-state index is 6.04. The molecule has 2 aromatic carbocycles. The summed E-state index contributed by atoms with van der Waals surface area (Å²) in [5.74, 6) is 0. The second kappa shape index (κ2) is 3.22. The molecule has 18 heavy (non-hydrogen) atoms. The number of nitrogens with zero attached hydrogens (tertiary/aromatic N) is 1. The Morgan fingerprint density at radius 3 is 1.50 bits per heavy atom. The summed E-state index contributed by atoms with van der Waals surface area (Å²) in [6.07, 6.45) is 0. The Morgan fingerprint density at radius 2 is 1.11 bits per heavy atom. The summed E-state index contributed by atoms with van der Waals surface area (Å²) in [5, 5.41) is 1.95. The lowest BCUT2D eigenvalue weighted by Gasteiger charge is -2.04. The van der Waals surface area contributed by atoms with E-state index in [-0.39, 0.29) is 0 Å². The molecule has 1 aromatic heterocycles. The van der Waals surface area contributed by atoms with E-state index in [1.807, 2.05) is 23.7 Å². The van der Waals surface area contributed by atoms with E-state index >= 15 is 0 Å². The lowest BCUT2D eigenvalue weighted by molar-refractivity contribution is 1.02. The van der Waals surface area contributed by atoms with Gasteiger partial charge < -0.3 is 27.5 Å². The molecule has 8 N–H and O–H groups in total. The molecule has 3 aromatic rings. The number of aromatic nitrogens is 1. The Bertz CT molecular complexity index is 720. The quantitative estimate of drug-likeness (QED) is 0.449. The third kappa shape index (κ3) is 1.21. The molecule has 0 aliphatic carbocycles. The van der Waals surface area contributed by atoms with Crippen LogP contribution in [0.3, 0.4) is 0 Å². The molecular formula is C13H15N5. The van der Waals surface area contributed by atoms with Crippen LogP contribution in [0.15, 0.2) is 24.3 Å². The van der Waals surface area contributed by atoms with Crippen molar-refractivity contribution in [2.24, 2.45) is 7.05 Å². The van der Waals surface area contributed by atoms with E-state index in [9.17, 15) is 0 Å². The van der Waals surface area contributed by atoms with Gasteiger partial charge in [-0.05, 0) is 24.3 Å². The highest BCUT2D eigenvalue weighted by molar-refractivity contribution is 6.16. The maximum Gasteiger partial charge on any atom is 0.0724 e. The molecule has 0 fully saturated rings. The molecule has 0 amide bonds. The molecule has 1 heterocycles. The van der Waals surface area contributed by atoms with E-state index in [0.29, 0.717) is 22.7 Å². The van der Waals surface area contributed by atoms with E-state index in [0.717, 1.165) is 21.8 Å². The van der Waals surface area contributed by atoms with E-state index in [4.69, 9.17) is 22.9 Å². The first-order valence-electron chi connectivity index (χ1n) is 5.61. The second-order valence-corrected chi connectivity index (χ2v) is 4.57. The molecule has 0 saturated carbocycles. The van der Waals surface area contributed by atoms with Crippen LogP contribution in [-0.2, 0) is 7.05 Å². The second-order valence-electron chi connectivity index (χ2n) is 4.57. The number of anilines is 4. The van der Waals surface area contributed by atoms with Crippen molar-refractivity contribution in [2.75, 3.05) is 22.9 Å². The summed E-state index contributed by atoms with van der Waals surface area (Å²) >= 11 is 0. The first kappa shape index (κ1) is 10.6. The molecule has 3 rings (SSSR count). The van der Waals surface area contributed by atoms with Gasteiger partial charge in [0.1, 0.15) is 0 Å². The van der Waals surface area contributed by atoms with E-state index in [1.165, 1.54) is 0 Å². The fourth-order valence-corrected chi connectivity index (χ4v) is 2.63. The molecule has 0 unspecified atom stereocenters. The molecule has 92 valence electrons. The van der Waals surface area contributed by atoms with E-state index < -0.39 is 0 Å². The number of hydrogen-bond acceptors (Lipinski definition) is 4. The first-order valence-corrected chi connectivity index (χ1v) is 5.61. The monoisotopic (exact) mass is 241 g/mol. The van der Waals surface area contributed by atoms with Crippen molar-refractivity contribution >= 4 is 44.6 Å². The molecule has 0 spiro atoms. The van der Waals surface area contributed by atoms with Gasteiger partial charge in [0.05, 0.1) is 22.4 Å². The predicted molar refractivity (Wildman–Crippen MR) is 78.1 cm³/mol. The topological polar surface area (TPSA) is 109 Å². The average molecular weight is 241 g/mol. The average Bonchev–Trinajstić information content (AvgIpc) is 2.52. The zero-order valence-electron chi connectivity index (χ0n) is 10.1. The van der Waals surface area contributed by atoms with Crippen LogP contribution in [0.2, 0.25) is 0 Å². The van der Waals surface area contributed by atoms with Gasteiger partial charge in [0.2, 0.25) is 0 Å². The van der Waals surface area contributed by atoms with E-state index in [1.54, 1.807) is 12.1 Å². The van der Waals surface area contributed by atoms with Crippen molar-refractivity contribution in [3.05, 3.63) is 24.3 Å². The van der Waals surface area contributed by atoms with Crippen LogP contribution >= 0.6 is 0 Å². The van der Waals surface area contributed by atoms with Crippen molar-refractivity contribution in [1.29, 1.82) is 0 Å².